The minimum absolute atomic E-state index is 0.00924. The maximum atomic E-state index is 12.1. The number of carboxylic acid groups (broad SMARTS) is 1. The Labute approximate surface area is 117 Å². The SMILES string of the molecule is C#CCNC(=O)Cn1nc(C(=O)O)c2c(C)onc2c1=O. The molecule has 9 heteroatoms. The average Bonchev–Trinajstić information content (AvgIpc) is 2.82. The van der Waals surface area contributed by atoms with Crippen molar-refractivity contribution in [3.8, 4) is 12.3 Å². The van der Waals surface area contributed by atoms with Crippen LogP contribution >= 0.6 is 0 Å². The molecule has 0 saturated carbocycles. The standard InChI is InChI=1S/C12H10N4O5/c1-3-4-13-7(17)5-16-11(18)9-8(6(2)21-15-9)10(14-16)12(19)20/h1H,4-5H2,2H3,(H,13,17)(H,19,20). The van der Waals surface area contributed by atoms with Crippen molar-refractivity contribution in [1.82, 2.24) is 20.3 Å². The van der Waals surface area contributed by atoms with Crippen LogP contribution in [0.2, 0.25) is 0 Å². The summed E-state index contributed by atoms with van der Waals surface area (Å²) in [5.41, 5.74) is -1.32. The molecule has 0 radical (unpaired) electrons. The molecule has 2 N–H and O–H groups in total. The number of hydrogen-bond donors (Lipinski definition) is 2. The fourth-order valence-electron chi connectivity index (χ4n) is 1.73. The Morgan fingerprint density at radius 1 is 1.52 bits per heavy atom. The number of hydrogen-bond acceptors (Lipinski definition) is 6. The summed E-state index contributed by atoms with van der Waals surface area (Å²) in [6, 6.07) is 0. The van der Waals surface area contributed by atoms with Crippen molar-refractivity contribution >= 4 is 22.8 Å². The minimum Gasteiger partial charge on any atom is -0.476 e. The first-order chi connectivity index (χ1) is 9.95. The van der Waals surface area contributed by atoms with E-state index in [1.54, 1.807) is 0 Å². The van der Waals surface area contributed by atoms with E-state index in [0.717, 1.165) is 0 Å². The van der Waals surface area contributed by atoms with E-state index in [1.165, 1.54) is 6.92 Å². The number of aromatic nitrogens is 3. The molecular formula is C12H10N4O5. The van der Waals surface area contributed by atoms with Crippen LogP contribution in [0.15, 0.2) is 9.32 Å². The zero-order valence-electron chi connectivity index (χ0n) is 10.9. The lowest BCUT2D eigenvalue weighted by atomic mass is 10.2. The lowest BCUT2D eigenvalue weighted by molar-refractivity contribution is -0.121. The van der Waals surface area contributed by atoms with Crippen molar-refractivity contribution in [2.75, 3.05) is 6.54 Å². The summed E-state index contributed by atoms with van der Waals surface area (Å²) in [5.74, 6) is 0.435. The maximum absolute atomic E-state index is 12.1. The number of nitrogens with one attached hydrogen (secondary N) is 1. The van der Waals surface area contributed by atoms with Crippen LogP contribution in [0.1, 0.15) is 16.2 Å². The molecule has 21 heavy (non-hydrogen) atoms. The van der Waals surface area contributed by atoms with E-state index in [-0.39, 0.29) is 23.2 Å². The lowest BCUT2D eigenvalue weighted by Gasteiger charge is -2.05. The Hall–Kier alpha value is -3.15. The van der Waals surface area contributed by atoms with E-state index >= 15 is 0 Å². The second-order valence-electron chi connectivity index (χ2n) is 4.06. The van der Waals surface area contributed by atoms with Crippen LogP contribution in [-0.4, -0.2) is 38.5 Å². The molecule has 0 aromatic carbocycles. The number of amides is 1. The summed E-state index contributed by atoms with van der Waals surface area (Å²) >= 11 is 0. The first-order valence-corrected chi connectivity index (χ1v) is 5.76. The Bertz CT molecular complexity index is 827. The van der Waals surface area contributed by atoms with Gasteiger partial charge in [-0.1, -0.05) is 11.1 Å². The van der Waals surface area contributed by atoms with Gasteiger partial charge in [0, 0.05) is 0 Å². The fraction of sp³-hybridized carbons (Fsp3) is 0.250. The predicted octanol–water partition coefficient (Wildman–Crippen LogP) is -0.859. The van der Waals surface area contributed by atoms with Crippen molar-refractivity contribution in [3.63, 3.8) is 0 Å². The van der Waals surface area contributed by atoms with Crippen LogP contribution in [-0.2, 0) is 11.3 Å². The average molecular weight is 290 g/mol. The van der Waals surface area contributed by atoms with Crippen LogP contribution in [0.5, 0.6) is 0 Å². The highest BCUT2D eigenvalue weighted by molar-refractivity contribution is 6.00. The Balaban J connectivity index is 2.53. The zero-order chi connectivity index (χ0) is 15.6. The molecule has 0 saturated heterocycles. The van der Waals surface area contributed by atoms with Gasteiger partial charge in [-0.3, -0.25) is 9.59 Å². The van der Waals surface area contributed by atoms with Gasteiger partial charge in [0.25, 0.3) is 5.56 Å². The van der Waals surface area contributed by atoms with E-state index in [4.69, 9.17) is 16.1 Å². The van der Waals surface area contributed by atoms with E-state index < -0.39 is 29.7 Å². The summed E-state index contributed by atoms with van der Waals surface area (Å²) < 4.78 is 5.53. The molecule has 108 valence electrons. The number of terminal acetylenes is 1. The van der Waals surface area contributed by atoms with E-state index in [9.17, 15) is 14.4 Å². The highest BCUT2D eigenvalue weighted by atomic mass is 16.5. The highest BCUT2D eigenvalue weighted by Crippen LogP contribution is 2.17. The van der Waals surface area contributed by atoms with Gasteiger partial charge in [-0.05, 0) is 6.92 Å². The van der Waals surface area contributed by atoms with Gasteiger partial charge in [-0.25, -0.2) is 9.48 Å². The number of nitrogens with zero attached hydrogens (tertiary/aromatic N) is 3. The molecular weight excluding hydrogens is 280 g/mol. The van der Waals surface area contributed by atoms with Gasteiger partial charge in [0.1, 0.15) is 12.3 Å². The number of carboxylic acids is 1. The smallest absolute Gasteiger partial charge is 0.357 e. The molecule has 0 aliphatic carbocycles. The van der Waals surface area contributed by atoms with E-state index in [2.05, 4.69) is 21.5 Å². The number of rotatable bonds is 4. The second kappa shape index (κ2) is 5.46. The summed E-state index contributed by atoms with van der Waals surface area (Å²) in [7, 11) is 0. The molecule has 0 atom stereocenters. The van der Waals surface area contributed by atoms with Gasteiger partial charge in [0.2, 0.25) is 5.91 Å². The number of aryl methyl sites for hydroxylation is 1. The lowest BCUT2D eigenvalue weighted by Crippen LogP contribution is -2.35. The van der Waals surface area contributed by atoms with Gasteiger partial charge in [-0.15, -0.1) is 6.42 Å². The third-order valence-electron chi connectivity index (χ3n) is 2.64. The maximum Gasteiger partial charge on any atom is 0.357 e. The van der Waals surface area contributed by atoms with Crippen LogP contribution in [0.3, 0.4) is 0 Å². The molecule has 2 aromatic heterocycles. The third kappa shape index (κ3) is 2.59. The largest absolute Gasteiger partial charge is 0.476 e. The van der Waals surface area contributed by atoms with Gasteiger partial charge in [-0.2, -0.15) is 5.10 Å². The molecule has 0 fully saturated rings. The molecule has 2 aromatic rings. The van der Waals surface area contributed by atoms with E-state index in [0.29, 0.717) is 4.68 Å². The van der Waals surface area contributed by atoms with Gasteiger partial charge >= 0.3 is 5.97 Å². The Kier molecular flexibility index (Phi) is 3.71. The predicted molar refractivity (Wildman–Crippen MR) is 69.6 cm³/mol. The topological polar surface area (TPSA) is 127 Å². The van der Waals surface area contributed by atoms with E-state index in [1.807, 2.05) is 0 Å². The quantitative estimate of drug-likeness (QED) is 0.701. The molecule has 2 heterocycles. The van der Waals surface area contributed by atoms with Crippen molar-refractivity contribution in [1.29, 1.82) is 0 Å². The Morgan fingerprint density at radius 2 is 2.24 bits per heavy atom. The molecule has 0 aliphatic heterocycles. The number of carbonyl (C=O) groups is 2. The Morgan fingerprint density at radius 3 is 2.86 bits per heavy atom. The zero-order valence-corrected chi connectivity index (χ0v) is 10.9. The first-order valence-electron chi connectivity index (χ1n) is 5.76. The number of carbonyl (C=O) groups excluding carboxylic acids is 1. The highest BCUT2D eigenvalue weighted by Gasteiger charge is 2.22. The number of aromatic carboxylic acids is 1. The molecule has 0 unspecified atom stereocenters. The van der Waals surface area contributed by atoms with Crippen molar-refractivity contribution in [2.45, 2.75) is 13.5 Å². The molecule has 2 rings (SSSR count). The molecule has 0 bridgehead atoms. The third-order valence-corrected chi connectivity index (χ3v) is 2.64. The normalized spacial score (nSPS) is 10.3. The summed E-state index contributed by atoms with van der Waals surface area (Å²) in [4.78, 5) is 34.9. The van der Waals surface area contributed by atoms with Crippen LogP contribution in [0.4, 0.5) is 0 Å². The first kappa shape index (κ1) is 14.3. The van der Waals surface area contributed by atoms with Crippen LogP contribution < -0.4 is 10.9 Å². The van der Waals surface area contributed by atoms with Gasteiger partial charge in [0.15, 0.2) is 11.2 Å². The van der Waals surface area contributed by atoms with Gasteiger partial charge in [0.05, 0.1) is 11.9 Å². The van der Waals surface area contributed by atoms with Crippen molar-refractivity contribution in [3.05, 3.63) is 21.8 Å². The van der Waals surface area contributed by atoms with Gasteiger partial charge < -0.3 is 14.9 Å². The van der Waals surface area contributed by atoms with Crippen molar-refractivity contribution < 1.29 is 19.2 Å². The number of fused-ring (bicyclic) bond motifs is 1. The summed E-state index contributed by atoms with van der Waals surface area (Å²) in [5, 5.41) is 18.7. The molecule has 0 aliphatic rings. The molecule has 1 amide bonds. The minimum atomic E-state index is -1.36. The van der Waals surface area contributed by atoms with Crippen LogP contribution in [0, 0.1) is 19.3 Å². The molecule has 9 nitrogen and oxygen atoms in total. The summed E-state index contributed by atoms with van der Waals surface area (Å²) in [6.45, 7) is 0.986. The van der Waals surface area contributed by atoms with Crippen LogP contribution in [0.25, 0.3) is 10.9 Å². The van der Waals surface area contributed by atoms with Crippen molar-refractivity contribution in [2.24, 2.45) is 0 Å². The molecule has 0 spiro atoms. The second-order valence-corrected chi connectivity index (χ2v) is 4.06. The monoisotopic (exact) mass is 290 g/mol. The summed E-state index contributed by atoms with van der Waals surface area (Å²) in [6.07, 6.45) is 4.99. The fourth-order valence-corrected chi connectivity index (χ4v) is 1.73.